The van der Waals surface area contributed by atoms with Crippen LogP contribution in [0.15, 0.2) is 77.8 Å². The summed E-state index contributed by atoms with van der Waals surface area (Å²) in [7, 11) is 0. The Labute approximate surface area is 190 Å². The second-order valence-corrected chi connectivity index (χ2v) is 8.12. The Morgan fingerprint density at radius 1 is 0.867 bits per heavy atom. The molecule has 30 heavy (non-hydrogen) atoms. The number of halogens is 3. The summed E-state index contributed by atoms with van der Waals surface area (Å²) >= 11 is 18.5. The fourth-order valence-electron chi connectivity index (χ4n) is 3.20. The van der Waals surface area contributed by atoms with Crippen LogP contribution in [0, 0.1) is 6.92 Å². The summed E-state index contributed by atoms with van der Waals surface area (Å²) in [5.74, 6) is 0.725. The minimum atomic E-state index is 0.325. The molecule has 0 spiro atoms. The Bertz CT molecular complexity index is 1250. The van der Waals surface area contributed by atoms with Gasteiger partial charge in [0, 0.05) is 32.4 Å². The molecule has 0 amide bonds. The molecule has 0 heterocycles. The van der Waals surface area contributed by atoms with Gasteiger partial charge in [-0.25, -0.2) is 0 Å². The third-order valence-corrected chi connectivity index (χ3v) is 5.90. The van der Waals surface area contributed by atoms with Crippen LogP contribution in [0.5, 0.6) is 5.75 Å². The smallest absolute Gasteiger partial charge is 0.129 e. The van der Waals surface area contributed by atoms with Crippen molar-refractivity contribution in [3.63, 3.8) is 0 Å². The van der Waals surface area contributed by atoms with Gasteiger partial charge in [0.15, 0.2) is 0 Å². The van der Waals surface area contributed by atoms with Crippen molar-refractivity contribution < 1.29 is 4.74 Å². The fraction of sp³-hybridized carbons (Fsp3) is 0.0800. The van der Waals surface area contributed by atoms with Crippen molar-refractivity contribution in [2.75, 3.05) is 0 Å². The third kappa shape index (κ3) is 4.46. The molecule has 0 N–H and O–H groups in total. The molecule has 0 aliphatic carbocycles. The summed E-state index contributed by atoms with van der Waals surface area (Å²) in [6.07, 6.45) is 1.83. The van der Waals surface area contributed by atoms with Gasteiger partial charge in [0.1, 0.15) is 12.4 Å². The van der Waals surface area contributed by atoms with Gasteiger partial charge in [0.25, 0.3) is 0 Å². The SMILES string of the molecule is Cc1c(Cl)cccc1N=Cc1c(OCc2ccc(Cl)cc2Cl)ccc2ccccc12. The largest absolute Gasteiger partial charge is 0.488 e. The lowest BCUT2D eigenvalue weighted by Gasteiger charge is -2.13. The van der Waals surface area contributed by atoms with E-state index in [1.165, 1.54) is 0 Å². The highest BCUT2D eigenvalue weighted by atomic mass is 35.5. The first-order valence-electron chi connectivity index (χ1n) is 9.40. The van der Waals surface area contributed by atoms with Crippen molar-refractivity contribution >= 4 is 57.5 Å². The molecule has 0 unspecified atom stereocenters. The Kier molecular flexibility index (Phi) is 6.29. The van der Waals surface area contributed by atoms with Crippen LogP contribution in [0.25, 0.3) is 10.8 Å². The van der Waals surface area contributed by atoms with Gasteiger partial charge in [-0.1, -0.05) is 77.3 Å². The van der Waals surface area contributed by atoms with E-state index in [0.717, 1.165) is 38.9 Å². The summed E-state index contributed by atoms with van der Waals surface area (Å²) in [6.45, 7) is 2.28. The molecule has 150 valence electrons. The van der Waals surface area contributed by atoms with E-state index < -0.39 is 0 Å². The number of hydrogen-bond donors (Lipinski definition) is 0. The number of hydrogen-bond acceptors (Lipinski definition) is 2. The zero-order valence-electron chi connectivity index (χ0n) is 16.2. The van der Waals surface area contributed by atoms with Crippen molar-refractivity contribution in [3.8, 4) is 5.75 Å². The van der Waals surface area contributed by atoms with E-state index >= 15 is 0 Å². The van der Waals surface area contributed by atoms with Gasteiger partial charge in [-0.15, -0.1) is 0 Å². The monoisotopic (exact) mass is 453 g/mol. The van der Waals surface area contributed by atoms with E-state index in [2.05, 4.69) is 12.1 Å². The molecule has 2 nitrogen and oxygen atoms in total. The van der Waals surface area contributed by atoms with Crippen molar-refractivity contribution in [2.45, 2.75) is 13.5 Å². The van der Waals surface area contributed by atoms with E-state index in [-0.39, 0.29) is 0 Å². The molecule has 0 aromatic heterocycles. The highest BCUT2D eigenvalue weighted by Crippen LogP contribution is 2.31. The average molecular weight is 455 g/mol. The Hall–Kier alpha value is -2.52. The molecule has 4 rings (SSSR count). The first-order valence-corrected chi connectivity index (χ1v) is 10.5. The average Bonchev–Trinajstić information content (AvgIpc) is 2.74. The molecule has 4 aromatic carbocycles. The lowest BCUT2D eigenvalue weighted by Crippen LogP contribution is -2.00. The first kappa shape index (κ1) is 20.7. The quantitative estimate of drug-likeness (QED) is 0.277. The molecule has 4 aromatic rings. The second kappa shape index (κ2) is 9.09. The lowest BCUT2D eigenvalue weighted by atomic mass is 10.0. The number of rotatable bonds is 5. The predicted octanol–water partition coefficient (Wildman–Crippen LogP) is 8.44. The van der Waals surface area contributed by atoms with Gasteiger partial charge in [-0.05, 0) is 53.6 Å². The highest BCUT2D eigenvalue weighted by Gasteiger charge is 2.10. The van der Waals surface area contributed by atoms with E-state index in [1.54, 1.807) is 12.1 Å². The van der Waals surface area contributed by atoms with Crippen LogP contribution in [0.3, 0.4) is 0 Å². The van der Waals surface area contributed by atoms with Crippen molar-refractivity contribution in [1.29, 1.82) is 0 Å². The maximum Gasteiger partial charge on any atom is 0.129 e. The van der Waals surface area contributed by atoms with E-state index in [9.17, 15) is 0 Å². The summed E-state index contributed by atoms with van der Waals surface area (Å²) in [6, 6.07) is 23.2. The highest BCUT2D eigenvalue weighted by molar-refractivity contribution is 6.35. The van der Waals surface area contributed by atoms with Crippen LogP contribution >= 0.6 is 34.8 Å². The zero-order chi connectivity index (χ0) is 21.1. The van der Waals surface area contributed by atoms with Gasteiger partial charge in [0.2, 0.25) is 0 Å². The van der Waals surface area contributed by atoms with Crippen molar-refractivity contribution in [2.24, 2.45) is 4.99 Å². The van der Waals surface area contributed by atoms with Crippen LogP contribution in [0.1, 0.15) is 16.7 Å². The third-order valence-electron chi connectivity index (χ3n) is 4.90. The molecular formula is C25H18Cl3NO. The standard InChI is InChI=1S/C25H18Cl3NO/c1-16-22(27)7-4-8-24(16)29-14-21-20-6-3-2-5-17(20)10-12-25(21)30-15-18-9-11-19(26)13-23(18)28/h2-14H,15H2,1H3. The fourth-order valence-corrected chi connectivity index (χ4v) is 3.83. The zero-order valence-corrected chi connectivity index (χ0v) is 18.5. The van der Waals surface area contributed by atoms with Gasteiger partial charge in [-0.3, -0.25) is 4.99 Å². The predicted molar refractivity (Wildman–Crippen MR) is 128 cm³/mol. The Morgan fingerprint density at radius 3 is 2.53 bits per heavy atom. The number of fused-ring (bicyclic) bond motifs is 1. The summed E-state index contributed by atoms with van der Waals surface area (Å²) in [5, 5.41) is 4.03. The molecule has 0 saturated carbocycles. The maximum atomic E-state index is 6.30. The molecule has 0 bridgehead atoms. The molecule has 0 fully saturated rings. The van der Waals surface area contributed by atoms with Crippen LogP contribution in [-0.4, -0.2) is 6.21 Å². The topological polar surface area (TPSA) is 21.6 Å². The van der Waals surface area contributed by atoms with Gasteiger partial charge < -0.3 is 4.74 Å². The number of ether oxygens (including phenoxy) is 1. The van der Waals surface area contributed by atoms with Crippen LogP contribution in [-0.2, 0) is 6.61 Å². The molecular weight excluding hydrogens is 437 g/mol. The normalized spacial score (nSPS) is 11.3. The number of nitrogens with zero attached hydrogens (tertiary/aromatic N) is 1. The summed E-state index contributed by atoms with van der Waals surface area (Å²) < 4.78 is 6.15. The maximum absolute atomic E-state index is 6.30. The molecule has 0 radical (unpaired) electrons. The molecule has 0 saturated heterocycles. The Morgan fingerprint density at radius 2 is 1.70 bits per heavy atom. The summed E-state index contributed by atoms with van der Waals surface area (Å²) in [4.78, 5) is 4.70. The molecule has 5 heteroatoms. The second-order valence-electron chi connectivity index (χ2n) is 6.87. The lowest BCUT2D eigenvalue weighted by molar-refractivity contribution is 0.306. The minimum absolute atomic E-state index is 0.325. The summed E-state index contributed by atoms with van der Waals surface area (Å²) in [5.41, 5.74) is 3.52. The van der Waals surface area contributed by atoms with Crippen LogP contribution < -0.4 is 4.74 Å². The van der Waals surface area contributed by atoms with Gasteiger partial charge >= 0.3 is 0 Å². The van der Waals surface area contributed by atoms with Crippen LogP contribution in [0.4, 0.5) is 5.69 Å². The van der Waals surface area contributed by atoms with Gasteiger partial charge in [0.05, 0.1) is 5.69 Å². The van der Waals surface area contributed by atoms with Crippen molar-refractivity contribution in [3.05, 3.63) is 105 Å². The first-order chi connectivity index (χ1) is 14.5. The van der Waals surface area contributed by atoms with E-state index in [1.807, 2.05) is 61.7 Å². The van der Waals surface area contributed by atoms with Gasteiger partial charge in [-0.2, -0.15) is 0 Å². The molecule has 0 aliphatic rings. The van der Waals surface area contributed by atoms with E-state index in [0.29, 0.717) is 21.7 Å². The molecule has 0 aliphatic heterocycles. The number of benzene rings is 4. The van der Waals surface area contributed by atoms with Crippen molar-refractivity contribution in [1.82, 2.24) is 0 Å². The molecule has 0 atom stereocenters. The minimum Gasteiger partial charge on any atom is -0.488 e. The van der Waals surface area contributed by atoms with E-state index in [4.69, 9.17) is 44.5 Å². The Balaban J connectivity index is 1.72. The van der Waals surface area contributed by atoms with Crippen LogP contribution in [0.2, 0.25) is 15.1 Å². The number of aliphatic imine (C=N–C) groups is 1.